The molecule has 0 bridgehead atoms. The first-order chi connectivity index (χ1) is 24.5. The van der Waals surface area contributed by atoms with Crippen molar-refractivity contribution >= 4 is 45.4 Å². The largest absolute Gasteiger partial charge is 0.367 e. The van der Waals surface area contributed by atoms with Gasteiger partial charge in [0.15, 0.2) is 0 Å². The second-order valence-electron chi connectivity index (χ2n) is 13.1. The fourth-order valence-corrected chi connectivity index (χ4v) is 7.34. The molecule has 51 heavy (non-hydrogen) atoms. The summed E-state index contributed by atoms with van der Waals surface area (Å²) < 4.78 is 36.7. The normalized spacial score (nSPS) is 18.0. The fraction of sp³-hybridized carbons (Fsp3) is 0.457. The first-order valence-electron chi connectivity index (χ1n) is 17.3. The summed E-state index contributed by atoms with van der Waals surface area (Å²) in [6.45, 7) is 2.43. The number of aryl methyl sites for hydroxylation is 1. The van der Waals surface area contributed by atoms with Gasteiger partial charge in [0, 0.05) is 45.2 Å². The van der Waals surface area contributed by atoms with Crippen molar-refractivity contribution in [3.05, 3.63) is 71.0 Å². The predicted molar refractivity (Wildman–Crippen MR) is 182 cm³/mol. The fourth-order valence-electron chi connectivity index (χ4n) is 6.88. The van der Waals surface area contributed by atoms with Gasteiger partial charge in [0.2, 0.25) is 17.7 Å². The van der Waals surface area contributed by atoms with Crippen LogP contribution in [0.5, 0.6) is 0 Å². The maximum atomic E-state index is 13.5. The Hall–Kier alpha value is -4.99. The number of hydrogen-bond donors (Lipinski definition) is 1. The molecule has 2 saturated heterocycles. The second-order valence-corrected chi connectivity index (χ2v) is 14.5. The van der Waals surface area contributed by atoms with Gasteiger partial charge in [-0.3, -0.25) is 34.2 Å². The lowest BCUT2D eigenvalue weighted by Crippen LogP contribution is -2.54. The van der Waals surface area contributed by atoms with Crippen LogP contribution in [-0.4, -0.2) is 95.0 Å². The number of fused-ring (bicyclic) bond motifs is 1. The Morgan fingerprint density at radius 3 is 2.29 bits per heavy atom. The standard InChI is InChI=1S/C35H40FN7O7S/c36-51(49,50)26-14-12-24(13-15-26)22-42-23-25(38-39-42)8-5-3-1-2-4-6-11-31(45)41-20-18-40(19-21-41)28-10-7-9-27-32(28)35(48)43(34(27)47)29-16-17-30(44)37-33(29)46/h7,9-10,12-15,23,29H,1-6,8,11,16-22H2,(H,37,44,46). The van der Waals surface area contributed by atoms with E-state index in [1.165, 1.54) is 12.1 Å². The van der Waals surface area contributed by atoms with Gasteiger partial charge < -0.3 is 9.80 Å². The van der Waals surface area contributed by atoms with Crippen LogP contribution in [0, 0.1) is 0 Å². The van der Waals surface area contributed by atoms with E-state index in [1.807, 2.05) is 16.0 Å². The molecule has 1 atom stereocenters. The van der Waals surface area contributed by atoms with Crippen molar-refractivity contribution < 1.29 is 36.3 Å². The zero-order valence-corrected chi connectivity index (χ0v) is 28.9. The number of aromatic nitrogens is 3. The minimum Gasteiger partial charge on any atom is -0.367 e. The predicted octanol–water partition coefficient (Wildman–Crippen LogP) is 3.01. The third kappa shape index (κ3) is 8.32. The molecule has 2 fully saturated rings. The summed E-state index contributed by atoms with van der Waals surface area (Å²) in [4.78, 5) is 68.1. The number of carbonyl (C=O) groups excluding carboxylic acids is 5. The van der Waals surface area contributed by atoms with Crippen LogP contribution in [0.1, 0.15) is 89.8 Å². The molecule has 14 nitrogen and oxygen atoms in total. The van der Waals surface area contributed by atoms with E-state index in [-0.39, 0.29) is 34.8 Å². The molecule has 4 heterocycles. The van der Waals surface area contributed by atoms with Crippen LogP contribution in [-0.2, 0) is 37.6 Å². The zero-order valence-electron chi connectivity index (χ0n) is 28.1. The Bertz CT molecular complexity index is 1920. The number of hydrogen-bond acceptors (Lipinski definition) is 10. The van der Waals surface area contributed by atoms with Crippen molar-refractivity contribution in [1.29, 1.82) is 0 Å². The second kappa shape index (κ2) is 15.5. The van der Waals surface area contributed by atoms with Crippen molar-refractivity contribution in [3.63, 3.8) is 0 Å². The van der Waals surface area contributed by atoms with Gasteiger partial charge in [-0.25, -0.2) is 4.68 Å². The summed E-state index contributed by atoms with van der Waals surface area (Å²) in [5.41, 5.74) is 2.77. The molecule has 6 rings (SSSR count). The molecule has 1 N–H and O–H groups in total. The van der Waals surface area contributed by atoms with Crippen molar-refractivity contribution in [2.75, 3.05) is 31.1 Å². The summed E-state index contributed by atoms with van der Waals surface area (Å²) in [6.07, 6.45) is 9.12. The van der Waals surface area contributed by atoms with Gasteiger partial charge in [-0.1, -0.05) is 49.1 Å². The molecule has 16 heteroatoms. The first kappa shape index (κ1) is 35.8. The maximum Gasteiger partial charge on any atom is 0.332 e. The SMILES string of the molecule is O=C1CCC(N2C(=O)c3cccc(N4CCN(C(=O)CCCCCCCCc5cn(Cc6ccc(S(=O)(=O)F)cc6)nn5)CC4)c3C2=O)C(=O)N1. The van der Waals surface area contributed by atoms with Crippen LogP contribution in [0.2, 0.25) is 0 Å². The van der Waals surface area contributed by atoms with Crippen molar-refractivity contribution in [2.45, 2.75) is 81.7 Å². The number of piperidine rings is 1. The zero-order chi connectivity index (χ0) is 36.1. The average Bonchev–Trinajstić information content (AvgIpc) is 3.66. The number of carbonyl (C=O) groups is 5. The molecule has 0 radical (unpaired) electrons. The summed E-state index contributed by atoms with van der Waals surface area (Å²) in [7, 11) is -4.72. The highest BCUT2D eigenvalue weighted by Crippen LogP contribution is 2.34. The molecule has 1 aromatic heterocycles. The molecule has 2 aromatic carbocycles. The van der Waals surface area contributed by atoms with Gasteiger partial charge in [-0.05, 0) is 55.5 Å². The molecule has 5 amide bonds. The van der Waals surface area contributed by atoms with E-state index in [2.05, 4.69) is 15.6 Å². The molecule has 0 saturated carbocycles. The highest BCUT2D eigenvalue weighted by molar-refractivity contribution is 7.86. The number of nitrogens with zero attached hydrogens (tertiary/aromatic N) is 6. The highest BCUT2D eigenvalue weighted by Gasteiger charge is 2.46. The lowest BCUT2D eigenvalue weighted by atomic mass is 10.0. The minimum atomic E-state index is -4.72. The van der Waals surface area contributed by atoms with Crippen LogP contribution < -0.4 is 10.2 Å². The van der Waals surface area contributed by atoms with Gasteiger partial charge in [0.05, 0.1) is 33.9 Å². The Morgan fingerprint density at radius 2 is 1.59 bits per heavy atom. The van der Waals surface area contributed by atoms with Crippen molar-refractivity contribution in [2.24, 2.45) is 0 Å². The summed E-state index contributed by atoms with van der Waals surface area (Å²) in [6, 6.07) is 9.63. The number of benzene rings is 2. The van der Waals surface area contributed by atoms with E-state index >= 15 is 0 Å². The lowest BCUT2D eigenvalue weighted by Gasteiger charge is -2.37. The molecule has 1 unspecified atom stereocenters. The van der Waals surface area contributed by atoms with Gasteiger partial charge in [0.25, 0.3) is 11.8 Å². The quantitative estimate of drug-likeness (QED) is 0.148. The summed E-state index contributed by atoms with van der Waals surface area (Å²) >= 11 is 0. The average molecular weight is 722 g/mol. The third-order valence-corrected chi connectivity index (χ3v) is 10.5. The van der Waals surface area contributed by atoms with E-state index in [1.54, 1.807) is 35.0 Å². The summed E-state index contributed by atoms with van der Waals surface area (Å²) in [5, 5.41) is 10.6. The first-order valence-corrected chi connectivity index (χ1v) is 18.7. The van der Waals surface area contributed by atoms with Gasteiger partial charge >= 0.3 is 10.2 Å². The van der Waals surface area contributed by atoms with Crippen LogP contribution >= 0.6 is 0 Å². The minimum absolute atomic E-state index is 0.0596. The number of rotatable bonds is 14. The molecular formula is C35H40FN7O7S. The molecule has 3 aromatic rings. The van der Waals surface area contributed by atoms with E-state index in [9.17, 15) is 36.3 Å². The molecular weight excluding hydrogens is 681 g/mol. The molecule has 0 spiro atoms. The number of anilines is 1. The smallest absolute Gasteiger partial charge is 0.332 e. The van der Waals surface area contributed by atoms with Crippen molar-refractivity contribution in [3.8, 4) is 0 Å². The van der Waals surface area contributed by atoms with Gasteiger partial charge in [-0.2, -0.15) is 8.42 Å². The molecule has 3 aliphatic heterocycles. The topological polar surface area (TPSA) is 172 Å². The van der Waals surface area contributed by atoms with E-state index < -0.39 is 39.9 Å². The highest BCUT2D eigenvalue weighted by atomic mass is 32.3. The third-order valence-electron chi connectivity index (χ3n) is 9.63. The lowest BCUT2D eigenvalue weighted by molar-refractivity contribution is -0.136. The Kier molecular flexibility index (Phi) is 10.9. The van der Waals surface area contributed by atoms with Gasteiger partial charge in [-0.15, -0.1) is 8.98 Å². The number of amides is 5. The Labute approximate surface area is 295 Å². The van der Waals surface area contributed by atoms with Crippen LogP contribution in [0.25, 0.3) is 0 Å². The molecule has 3 aliphatic rings. The maximum absolute atomic E-state index is 13.5. The number of nitrogens with one attached hydrogen (secondary N) is 1. The van der Waals surface area contributed by atoms with E-state index in [0.29, 0.717) is 44.8 Å². The van der Waals surface area contributed by atoms with Crippen LogP contribution in [0.3, 0.4) is 0 Å². The summed E-state index contributed by atoms with van der Waals surface area (Å²) in [5.74, 6) is -2.03. The van der Waals surface area contributed by atoms with Crippen molar-refractivity contribution in [1.82, 2.24) is 30.1 Å². The Morgan fingerprint density at radius 1 is 0.882 bits per heavy atom. The van der Waals surface area contributed by atoms with Crippen LogP contribution in [0.15, 0.2) is 53.6 Å². The van der Waals surface area contributed by atoms with Gasteiger partial charge in [0.1, 0.15) is 6.04 Å². The number of piperazine rings is 1. The molecule has 0 aliphatic carbocycles. The monoisotopic (exact) mass is 721 g/mol. The molecule has 270 valence electrons. The number of halogens is 1. The number of imide groups is 2. The Balaban J connectivity index is 0.870. The van der Waals surface area contributed by atoms with E-state index in [0.717, 1.165) is 61.1 Å². The van der Waals surface area contributed by atoms with Crippen LogP contribution in [0.4, 0.5) is 9.57 Å². The van der Waals surface area contributed by atoms with E-state index in [4.69, 9.17) is 0 Å². The number of unbranched alkanes of at least 4 members (excludes halogenated alkanes) is 5.